The third-order valence-corrected chi connectivity index (χ3v) is 2.84. The molecule has 13 heavy (non-hydrogen) atoms. The predicted molar refractivity (Wildman–Crippen MR) is 57.0 cm³/mol. The molecule has 0 atom stereocenters. The molecule has 0 bridgehead atoms. The highest BCUT2D eigenvalue weighted by atomic mass is 14.3. The molecule has 1 aromatic rings. The van der Waals surface area contributed by atoms with Gasteiger partial charge in [-0.3, -0.25) is 0 Å². The van der Waals surface area contributed by atoms with E-state index in [0.29, 0.717) is 5.92 Å². The molecular weight excluding hydrogens is 156 g/mol. The molecule has 0 heterocycles. The van der Waals surface area contributed by atoms with Crippen molar-refractivity contribution in [1.82, 2.24) is 0 Å². The monoisotopic (exact) mass is 173 g/mol. The molecule has 2 rings (SSSR count). The lowest BCUT2D eigenvalue weighted by atomic mass is 9.91. The summed E-state index contributed by atoms with van der Waals surface area (Å²) in [5.74, 6) is 1.46. The maximum atomic E-state index is 4.12. The van der Waals surface area contributed by atoms with Crippen molar-refractivity contribution in [2.45, 2.75) is 38.5 Å². The molecule has 0 nitrogen and oxygen atoms in total. The fraction of sp³-hybridized carbons (Fsp3) is 0.462. The molecule has 0 unspecified atom stereocenters. The van der Waals surface area contributed by atoms with Gasteiger partial charge in [0, 0.05) is 0 Å². The molecule has 0 amide bonds. The van der Waals surface area contributed by atoms with Gasteiger partial charge in [0.15, 0.2) is 0 Å². The van der Waals surface area contributed by atoms with Gasteiger partial charge >= 0.3 is 0 Å². The molecule has 1 radical (unpaired) electrons. The molecule has 0 saturated heterocycles. The maximum absolute atomic E-state index is 4.12. The van der Waals surface area contributed by atoms with Crippen LogP contribution in [0, 0.1) is 6.92 Å². The molecule has 1 saturated carbocycles. The van der Waals surface area contributed by atoms with Crippen LogP contribution in [-0.4, -0.2) is 0 Å². The van der Waals surface area contributed by atoms with Crippen LogP contribution in [-0.2, 0) is 0 Å². The standard InChI is InChI=1S/C13H17/c1-9(2)12-6-4-5-10(3)13(12)11-7-8-11/h4-6,9,11H,3,7-8H2,1-2H3. The van der Waals surface area contributed by atoms with Crippen LogP contribution >= 0.6 is 0 Å². The maximum Gasteiger partial charge on any atom is -0.0156 e. The van der Waals surface area contributed by atoms with Gasteiger partial charge in [0.2, 0.25) is 0 Å². The van der Waals surface area contributed by atoms with Gasteiger partial charge in [0.05, 0.1) is 0 Å². The van der Waals surface area contributed by atoms with Crippen LogP contribution in [0.1, 0.15) is 55.2 Å². The summed E-state index contributed by atoms with van der Waals surface area (Å²) in [6, 6.07) is 6.52. The summed E-state index contributed by atoms with van der Waals surface area (Å²) in [5, 5.41) is 0. The van der Waals surface area contributed by atoms with E-state index in [1.165, 1.54) is 29.5 Å². The zero-order chi connectivity index (χ0) is 9.42. The van der Waals surface area contributed by atoms with Crippen LogP contribution in [0.4, 0.5) is 0 Å². The Bertz CT molecular complexity index is 306. The molecule has 0 aromatic heterocycles. The van der Waals surface area contributed by atoms with Crippen molar-refractivity contribution in [1.29, 1.82) is 0 Å². The third kappa shape index (κ3) is 1.63. The van der Waals surface area contributed by atoms with E-state index >= 15 is 0 Å². The van der Waals surface area contributed by atoms with Crippen molar-refractivity contribution in [2.75, 3.05) is 0 Å². The summed E-state index contributed by atoms with van der Waals surface area (Å²) in [4.78, 5) is 0. The van der Waals surface area contributed by atoms with Gasteiger partial charge in [-0.25, -0.2) is 0 Å². The average Bonchev–Trinajstić information content (AvgIpc) is 2.86. The largest absolute Gasteiger partial charge is 0.0617 e. The van der Waals surface area contributed by atoms with Gasteiger partial charge in [0.1, 0.15) is 0 Å². The van der Waals surface area contributed by atoms with E-state index in [4.69, 9.17) is 0 Å². The number of rotatable bonds is 2. The van der Waals surface area contributed by atoms with Gasteiger partial charge in [0.25, 0.3) is 0 Å². The summed E-state index contributed by atoms with van der Waals surface area (Å²) < 4.78 is 0. The normalized spacial score (nSPS) is 16.6. The number of hydrogen-bond acceptors (Lipinski definition) is 0. The van der Waals surface area contributed by atoms with E-state index in [9.17, 15) is 0 Å². The minimum Gasteiger partial charge on any atom is -0.0617 e. The van der Waals surface area contributed by atoms with Crippen molar-refractivity contribution in [3.8, 4) is 0 Å². The Morgan fingerprint density at radius 3 is 2.54 bits per heavy atom. The van der Waals surface area contributed by atoms with Crippen LogP contribution < -0.4 is 0 Å². The second kappa shape index (κ2) is 3.17. The first-order valence-corrected chi connectivity index (χ1v) is 5.15. The highest BCUT2D eigenvalue weighted by molar-refractivity contribution is 5.43. The van der Waals surface area contributed by atoms with Gasteiger partial charge in [-0.1, -0.05) is 32.0 Å². The Kier molecular flexibility index (Phi) is 2.15. The van der Waals surface area contributed by atoms with E-state index in [2.05, 4.69) is 39.0 Å². The average molecular weight is 173 g/mol. The van der Waals surface area contributed by atoms with Crippen molar-refractivity contribution >= 4 is 0 Å². The lowest BCUT2D eigenvalue weighted by Gasteiger charge is -2.14. The molecule has 1 aromatic carbocycles. The molecule has 0 spiro atoms. The second-order valence-electron chi connectivity index (χ2n) is 4.35. The fourth-order valence-electron chi connectivity index (χ4n) is 2.01. The first-order chi connectivity index (χ1) is 6.20. The first-order valence-electron chi connectivity index (χ1n) is 5.15. The molecule has 0 aliphatic heterocycles. The molecule has 0 N–H and O–H groups in total. The summed E-state index contributed by atoms with van der Waals surface area (Å²) >= 11 is 0. The molecule has 1 aliphatic rings. The van der Waals surface area contributed by atoms with Crippen LogP contribution in [0.15, 0.2) is 18.2 Å². The highest BCUT2D eigenvalue weighted by Gasteiger charge is 2.27. The first kappa shape index (κ1) is 8.80. The van der Waals surface area contributed by atoms with Gasteiger partial charge < -0.3 is 0 Å². The summed E-state index contributed by atoms with van der Waals surface area (Å²) in [6.07, 6.45) is 2.73. The predicted octanol–water partition coefficient (Wildman–Crippen LogP) is 3.87. The van der Waals surface area contributed by atoms with Crippen LogP contribution in [0.5, 0.6) is 0 Å². The second-order valence-corrected chi connectivity index (χ2v) is 4.35. The SMILES string of the molecule is [CH2]c1cccc(C(C)C)c1C1CC1. The van der Waals surface area contributed by atoms with Gasteiger partial charge in [-0.2, -0.15) is 0 Å². The fourth-order valence-corrected chi connectivity index (χ4v) is 2.01. The molecule has 69 valence electrons. The molecule has 0 heteroatoms. The number of benzene rings is 1. The lowest BCUT2D eigenvalue weighted by Crippen LogP contribution is -1.97. The van der Waals surface area contributed by atoms with Crippen LogP contribution in [0.25, 0.3) is 0 Å². The highest BCUT2D eigenvalue weighted by Crippen LogP contribution is 2.44. The van der Waals surface area contributed by atoms with E-state index in [-0.39, 0.29) is 0 Å². The van der Waals surface area contributed by atoms with Crippen molar-refractivity contribution in [3.63, 3.8) is 0 Å². The lowest BCUT2D eigenvalue weighted by molar-refractivity contribution is 0.840. The Hall–Kier alpha value is -0.780. The van der Waals surface area contributed by atoms with E-state index in [1.807, 2.05) is 0 Å². The Morgan fingerprint density at radius 2 is 2.00 bits per heavy atom. The zero-order valence-corrected chi connectivity index (χ0v) is 8.51. The van der Waals surface area contributed by atoms with Crippen molar-refractivity contribution in [3.05, 3.63) is 41.8 Å². The minimum atomic E-state index is 0.636. The van der Waals surface area contributed by atoms with E-state index < -0.39 is 0 Å². The Balaban J connectivity index is 2.47. The Morgan fingerprint density at radius 1 is 1.31 bits per heavy atom. The summed E-state index contributed by atoms with van der Waals surface area (Å²) in [5.41, 5.74) is 4.29. The molecular formula is C13H17. The van der Waals surface area contributed by atoms with Gasteiger partial charge in [-0.05, 0) is 48.3 Å². The Labute approximate surface area is 81.0 Å². The summed E-state index contributed by atoms with van der Waals surface area (Å²) in [6.45, 7) is 8.65. The van der Waals surface area contributed by atoms with Gasteiger partial charge in [-0.15, -0.1) is 0 Å². The number of hydrogen-bond donors (Lipinski definition) is 0. The topological polar surface area (TPSA) is 0 Å². The molecule has 1 aliphatic carbocycles. The quantitative estimate of drug-likeness (QED) is 0.637. The smallest absolute Gasteiger partial charge is 0.0156 e. The van der Waals surface area contributed by atoms with Crippen LogP contribution in [0.2, 0.25) is 0 Å². The molecule has 1 fully saturated rings. The van der Waals surface area contributed by atoms with E-state index in [0.717, 1.165) is 5.92 Å². The third-order valence-electron chi connectivity index (χ3n) is 2.84. The van der Waals surface area contributed by atoms with E-state index in [1.54, 1.807) is 0 Å². The van der Waals surface area contributed by atoms with Crippen molar-refractivity contribution in [2.24, 2.45) is 0 Å². The minimum absolute atomic E-state index is 0.636. The zero-order valence-electron chi connectivity index (χ0n) is 8.51. The van der Waals surface area contributed by atoms with Crippen LogP contribution in [0.3, 0.4) is 0 Å². The summed E-state index contributed by atoms with van der Waals surface area (Å²) in [7, 11) is 0. The van der Waals surface area contributed by atoms with Crippen molar-refractivity contribution < 1.29 is 0 Å².